The molecule has 0 aliphatic carbocycles. The molecule has 3 aromatic rings. The largest absolute Gasteiger partial charge is 0.490 e. The Balaban J connectivity index is 0.000000339. The molecule has 1 unspecified atom stereocenters. The number of carboxylic acid groups (broad SMARTS) is 1. The predicted octanol–water partition coefficient (Wildman–Crippen LogP) is 2.01. The molecule has 1 aromatic carbocycles. The van der Waals surface area contributed by atoms with Crippen LogP contribution in [0, 0.1) is 0 Å². The van der Waals surface area contributed by atoms with Gasteiger partial charge in [0, 0.05) is 43.1 Å². The minimum absolute atomic E-state index is 0.319. The van der Waals surface area contributed by atoms with Gasteiger partial charge in [0.25, 0.3) is 0 Å². The van der Waals surface area contributed by atoms with Gasteiger partial charge in [-0.1, -0.05) is 17.7 Å². The summed E-state index contributed by atoms with van der Waals surface area (Å²) < 4.78 is 35.7. The van der Waals surface area contributed by atoms with Crippen LogP contribution in [-0.2, 0) is 24.4 Å². The van der Waals surface area contributed by atoms with Gasteiger partial charge < -0.3 is 20.3 Å². The van der Waals surface area contributed by atoms with Crippen LogP contribution in [0.3, 0.4) is 0 Å². The summed E-state index contributed by atoms with van der Waals surface area (Å²) >= 11 is 6.15. The number of aliphatic carboxylic acids is 1. The fraction of sp³-hybridized carbons (Fsp3) is 0.333. The molecular formula is C18H19ClF3N7O2. The van der Waals surface area contributed by atoms with E-state index in [0.29, 0.717) is 11.1 Å². The Hall–Kier alpha value is -2.96. The molecule has 31 heavy (non-hydrogen) atoms. The molecule has 0 saturated carbocycles. The number of hydrogen-bond donors (Lipinski definition) is 3. The second-order valence-corrected chi connectivity index (χ2v) is 7.06. The quantitative estimate of drug-likeness (QED) is 0.549. The Morgan fingerprint density at radius 2 is 2.16 bits per heavy atom. The zero-order chi connectivity index (χ0) is 22.4. The van der Waals surface area contributed by atoms with Crippen molar-refractivity contribution in [2.75, 3.05) is 6.54 Å². The summed E-state index contributed by atoms with van der Waals surface area (Å²) in [6.45, 7) is 3.32. The molecule has 3 N–H and O–H groups in total. The first-order chi connectivity index (χ1) is 14.7. The third kappa shape index (κ3) is 6.26. The van der Waals surface area contributed by atoms with Gasteiger partial charge in [-0.2, -0.15) is 18.3 Å². The number of rotatable bonds is 4. The summed E-state index contributed by atoms with van der Waals surface area (Å²) in [5.74, 6) is -1.68. The van der Waals surface area contributed by atoms with Gasteiger partial charge in [-0.25, -0.2) is 19.4 Å². The fourth-order valence-electron chi connectivity index (χ4n) is 2.96. The van der Waals surface area contributed by atoms with Crippen molar-refractivity contribution in [3.8, 4) is 5.69 Å². The van der Waals surface area contributed by atoms with Crippen molar-refractivity contribution in [3.63, 3.8) is 0 Å². The topological polar surface area (TPSA) is 110 Å². The van der Waals surface area contributed by atoms with Gasteiger partial charge in [0.2, 0.25) is 0 Å². The average molecular weight is 458 g/mol. The Kier molecular flexibility index (Phi) is 7.25. The SMILES string of the molecule is Clc1ccc(CNC2CNCc3nccn3C2)c(-n2cncn2)c1.O=C(O)C(F)(F)F. The van der Waals surface area contributed by atoms with E-state index < -0.39 is 12.1 Å². The zero-order valence-corrected chi connectivity index (χ0v) is 16.8. The highest BCUT2D eigenvalue weighted by atomic mass is 35.5. The Morgan fingerprint density at radius 3 is 2.84 bits per heavy atom. The molecule has 1 aliphatic heterocycles. The monoisotopic (exact) mass is 457 g/mol. The van der Waals surface area contributed by atoms with Crippen molar-refractivity contribution >= 4 is 17.6 Å². The third-order valence-electron chi connectivity index (χ3n) is 4.43. The van der Waals surface area contributed by atoms with Crippen LogP contribution in [0.1, 0.15) is 11.4 Å². The van der Waals surface area contributed by atoms with Gasteiger partial charge in [0.1, 0.15) is 18.5 Å². The molecule has 2 aromatic heterocycles. The van der Waals surface area contributed by atoms with Crippen molar-refractivity contribution in [2.45, 2.75) is 31.9 Å². The molecule has 166 valence electrons. The van der Waals surface area contributed by atoms with E-state index in [1.165, 1.54) is 6.33 Å². The number of halogens is 4. The summed E-state index contributed by atoms with van der Waals surface area (Å²) in [6.07, 6.45) is 2.00. The van der Waals surface area contributed by atoms with Gasteiger partial charge in [0.05, 0.1) is 12.2 Å². The molecule has 0 saturated heterocycles. The highest BCUT2D eigenvalue weighted by Gasteiger charge is 2.38. The first-order valence-electron chi connectivity index (χ1n) is 9.11. The number of imidazole rings is 1. The summed E-state index contributed by atoms with van der Waals surface area (Å²) in [6, 6.07) is 6.16. The van der Waals surface area contributed by atoms with Gasteiger partial charge in [-0.05, 0) is 17.7 Å². The normalized spacial score (nSPS) is 16.1. The number of hydrogen-bond acceptors (Lipinski definition) is 6. The molecule has 13 heteroatoms. The molecule has 9 nitrogen and oxygen atoms in total. The van der Waals surface area contributed by atoms with Crippen LogP contribution in [0.4, 0.5) is 13.2 Å². The van der Waals surface area contributed by atoms with Gasteiger partial charge in [0.15, 0.2) is 0 Å². The second kappa shape index (κ2) is 9.90. The minimum atomic E-state index is -5.08. The van der Waals surface area contributed by atoms with Crippen LogP contribution in [0.2, 0.25) is 5.02 Å². The van der Waals surface area contributed by atoms with E-state index in [9.17, 15) is 13.2 Å². The lowest BCUT2D eigenvalue weighted by Gasteiger charge is -2.18. The van der Waals surface area contributed by atoms with Crippen LogP contribution < -0.4 is 10.6 Å². The first kappa shape index (κ1) is 22.7. The molecule has 0 spiro atoms. The maximum atomic E-state index is 10.6. The second-order valence-electron chi connectivity index (χ2n) is 6.62. The number of nitrogens with one attached hydrogen (secondary N) is 2. The number of fused-ring (bicyclic) bond motifs is 1. The zero-order valence-electron chi connectivity index (χ0n) is 16.1. The molecule has 1 aliphatic rings. The lowest BCUT2D eigenvalue weighted by Crippen LogP contribution is -2.39. The van der Waals surface area contributed by atoms with Crippen LogP contribution in [-0.4, -0.2) is 54.2 Å². The number of carboxylic acids is 1. The van der Waals surface area contributed by atoms with E-state index in [-0.39, 0.29) is 0 Å². The van der Waals surface area contributed by atoms with E-state index in [1.807, 2.05) is 30.6 Å². The van der Waals surface area contributed by atoms with E-state index in [0.717, 1.165) is 43.3 Å². The van der Waals surface area contributed by atoms with Crippen LogP contribution >= 0.6 is 11.6 Å². The lowest BCUT2D eigenvalue weighted by atomic mass is 10.1. The number of carbonyl (C=O) groups is 1. The molecule has 0 amide bonds. The van der Waals surface area contributed by atoms with Gasteiger partial charge in [-0.15, -0.1) is 0 Å². The van der Waals surface area contributed by atoms with Crippen LogP contribution in [0.5, 0.6) is 0 Å². The molecule has 0 bridgehead atoms. The van der Waals surface area contributed by atoms with E-state index >= 15 is 0 Å². The maximum absolute atomic E-state index is 10.6. The standard InChI is InChI=1S/C16H18ClN7.C2HF3O2/c17-13-2-1-12(15(5-13)24-11-19-10-22-24)6-21-14-7-18-8-16-20-3-4-23(16)9-14;3-2(4,5)1(6)7/h1-5,10-11,14,18,21H,6-9H2;(H,6,7). The van der Waals surface area contributed by atoms with E-state index in [2.05, 4.69) is 30.3 Å². The highest BCUT2D eigenvalue weighted by Crippen LogP contribution is 2.19. The van der Waals surface area contributed by atoms with Crippen molar-refractivity contribution in [1.29, 1.82) is 0 Å². The Labute approximate surface area is 179 Å². The smallest absolute Gasteiger partial charge is 0.475 e. The number of aromatic nitrogens is 5. The predicted molar refractivity (Wildman–Crippen MR) is 105 cm³/mol. The number of alkyl halides is 3. The van der Waals surface area contributed by atoms with Gasteiger partial charge in [-0.3, -0.25) is 0 Å². The van der Waals surface area contributed by atoms with Crippen molar-refractivity contribution < 1.29 is 23.1 Å². The Bertz CT molecular complexity index is 1010. The summed E-state index contributed by atoms with van der Waals surface area (Å²) in [5.41, 5.74) is 2.07. The minimum Gasteiger partial charge on any atom is -0.475 e. The maximum Gasteiger partial charge on any atom is 0.490 e. The van der Waals surface area contributed by atoms with Crippen LogP contribution in [0.25, 0.3) is 5.69 Å². The van der Waals surface area contributed by atoms with Crippen molar-refractivity contribution in [2.24, 2.45) is 0 Å². The average Bonchev–Trinajstić information content (AvgIpc) is 3.36. The fourth-order valence-corrected chi connectivity index (χ4v) is 3.12. The Morgan fingerprint density at radius 1 is 1.39 bits per heavy atom. The molecule has 0 fully saturated rings. The van der Waals surface area contributed by atoms with Crippen molar-refractivity contribution in [3.05, 3.63) is 59.7 Å². The molecule has 1 atom stereocenters. The summed E-state index contributed by atoms with van der Waals surface area (Å²) in [7, 11) is 0. The number of benzene rings is 1. The van der Waals surface area contributed by atoms with Gasteiger partial charge >= 0.3 is 12.1 Å². The summed E-state index contributed by atoms with van der Waals surface area (Å²) in [5, 5.41) is 19.1. The number of nitrogens with zero attached hydrogens (tertiary/aromatic N) is 5. The first-order valence-corrected chi connectivity index (χ1v) is 9.49. The molecular weight excluding hydrogens is 439 g/mol. The molecule has 3 heterocycles. The molecule has 4 rings (SSSR count). The highest BCUT2D eigenvalue weighted by molar-refractivity contribution is 6.30. The summed E-state index contributed by atoms with van der Waals surface area (Å²) in [4.78, 5) is 17.3. The molecule has 0 radical (unpaired) electrons. The van der Waals surface area contributed by atoms with E-state index in [1.54, 1.807) is 11.0 Å². The third-order valence-corrected chi connectivity index (χ3v) is 4.66. The van der Waals surface area contributed by atoms with E-state index in [4.69, 9.17) is 21.5 Å². The lowest BCUT2D eigenvalue weighted by molar-refractivity contribution is -0.192. The van der Waals surface area contributed by atoms with Crippen molar-refractivity contribution in [1.82, 2.24) is 34.9 Å². The van der Waals surface area contributed by atoms with Crippen LogP contribution in [0.15, 0.2) is 43.2 Å².